The molecule has 3 aliphatic carbocycles. The summed E-state index contributed by atoms with van der Waals surface area (Å²) in [6.07, 6.45) is -0.803. The van der Waals surface area contributed by atoms with Crippen molar-refractivity contribution in [2.24, 2.45) is 29.6 Å². The van der Waals surface area contributed by atoms with Gasteiger partial charge in [0, 0.05) is 12.5 Å². The van der Waals surface area contributed by atoms with E-state index in [1.54, 1.807) is 0 Å². The van der Waals surface area contributed by atoms with Gasteiger partial charge in [0.15, 0.2) is 0 Å². The molecule has 0 saturated heterocycles. The summed E-state index contributed by atoms with van der Waals surface area (Å²) in [5, 5.41) is 11.4. The number of aliphatic hydroxyl groups is 1. The highest BCUT2D eigenvalue weighted by Gasteiger charge is 2.67. The first-order valence-corrected chi connectivity index (χ1v) is 6.33. The van der Waals surface area contributed by atoms with Gasteiger partial charge in [0.25, 0.3) is 6.43 Å². The minimum absolute atomic E-state index is 0.0473. The van der Waals surface area contributed by atoms with Crippen molar-refractivity contribution in [3.05, 3.63) is 0 Å². The van der Waals surface area contributed by atoms with Crippen molar-refractivity contribution < 1.29 is 18.7 Å². The van der Waals surface area contributed by atoms with Crippen molar-refractivity contribution in [1.82, 2.24) is 5.32 Å². The van der Waals surface area contributed by atoms with Crippen LogP contribution in [0.3, 0.4) is 0 Å². The summed E-state index contributed by atoms with van der Waals surface area (Å²) >= 11 is 0. The third kappa shape index (κ3) is 1.75. The van der Waals surface area contributed by atoms with E-state index < -0.39 is 12.5 Å². The van der Waals surface area contributed by atoms with Gasteiger partial charge in [0.2, 0.25) is 5.91 Å². The molecule has 0 spiro atoms. The molecule has 5 heteroatoms. The van der Waals surface area contributed by atoms with E-state index in [9.17, 15) is 13.6 Å². The average molecular weight is 245 g/mol. The Bertz CT molecular complexity index is 320. The minimum atomic E-state index is -2.79. The zero-order valence-corrected chi connectivity index (χ0v) is 9.48. The number of hydrogen-bond donors (Lipinski definition) is 2. The molecule has 2 bridgehead atoms. The van der Waals surface area contributed by atoms with E-state index in [0.717, 1.165) is 0 Å². The SMILES string of the molecule is O=C(NCC(O)C(F)F)C1C2C3CCC(C3)C12. The maximum atomic E-state index is 12.1. The first-order chi connectivity index (χ1) is 8.09. The lowest BCUT2D eigenvalue weighted by molar-refractivity contribution is -0.124. The van der Waals surface area contributed by atoms with Crippen LogP contribution in [-0.2, 0) is 4.79 Å². The second-order valence-electron chi connectivity index (χ2n) is 5.66. The number of alkyl halides is 2. The summed E-state index contributed by atoms with van der Waals surface area (Å²) in [5.74, 6) is 2.33. The summed E-state index contributed by atoms with van der Waals surface area (Å²) in [6, 6.07) is 0. The van der Waals surface area contributed by atoms with Crippen LogP contribution in [0.15, 0.2) is 0 Å². The molecular weight excluding hydrogens is 228 g/mol. The Morgan fingerprint density at radius 3 is 2.41 bits per heavy atom. The van der Waals surface area contributed by atoms with Crippen LogP contribution < -0.4 is 5.32 Å². The molecule has 0 aliphatic heterocycles. The lowest BCUT2D eigenvalue weighted by atomic mass is 10.0. The Morgan fingerprint density at radius 1 is 1.29 bits per heavy atom. The lowest BCUT2D eigenvalue weighted by Gasteiger charge is -2.12. The van der Waals surface area contributed by atoms with Gasteiger partial charge in [-0.25, -0.2) is 8.78 Å². The molecule has 5 atom stereocenters. The number of nitrogens with one attached hydrogen (secondary N) is 1. The molecule has 5 unspecified atom stereocenters. The van der Waals surface area contributed by atoms with Crippen molar-refractivity contribution in [3.8, 4) is 0 Å². The number of carbonyl (C=O) groups is 1. The van der Waals surface area contributed by atoms with Crippen LogP contribution in [-0.4, -0.2) is 30.1 Å². The molecule has 3 rings (SSSR count). The summed E-state index contributed by atoms with van der Waals surface area (Å²) in [4.78, 5) is 11.8. The molecule has 2 N–H and O–H groups in total. The highest BCUT2D eigenvalue weighted by molar-refractivity contribution is 5.82. The highest BCUT2D eigenvalue weighted by Crippen LogP contribution is 2.69. The quantitative estimate of drug-likeness (QED) is 0.777. The molecule has 0 heterocycles. The van der Waals surface area contributed by atoms with Crippen molar-refractivity contribution in [2.45, 2.75) is 31.8 Å². The van der Waals surface area contributed by atoms with E-state index in [1.165, 1.54) is 19.3 Å². The molecule has 3 nitrogen and oxygen atoms in total. The Labute approximate surface area is 98.6 Å². The number of amides is 1. The molecule has 1 amide bonds. The highest BCUT2D eigenvalue weighted by atomic mass is 19.3. The van der Waals surface area contributed by atoms with E-state index in [2.05, 4.69) is 5.32 Å². The largest absolute Gasteiger partial charge is 0.385 e. The number of fused-ring (bicyclic) bond motifs is 5. The minimum Gasteiger partial charge on any atom is -0.385 e. The fourth-order valence-corrected chi connectivity index (χ4v) is 4.09. The number of rotatable bonds is 4. The molecule has 3 fully saturated rings. The van der Waals surface area contributed by atoms with Gasteiger partial charge in [-0.05, 0) is 42.9 Å². The van der Waals surface area contributed by atoms with Crippen LogP contribution in [0, 0.1) is 29.6 Å². The van der Waals surface area contributed by atoms with Gasteiger partial charge in [-0.1, -0.05) is 0 Å². The van der Waals surface area contributed by atoms with E-state index in [1.807, 2.05) is 0 Å². The van der Waals surface area contributed by atoms with Crippen LogP contribution >= 0.6 is 0 Å². The first kappa shape index (κ1) is 11.4. The first-order valence-electron chi connectivity index (χ1n) is 6.33. The van der Waals surface area contributed by atoms with Gasteiger partial charge in [-0.3, -0.25) is 4.79 Å². The summed E-state index contributed by atoms with van der Waals surface area (Å²) in [6.45, 7) is -0.332. The predicted molar refractivity (Wildman–Crippen MR) is 56.3 cm³/mol. The van der Waals surface area contributed by atoms with Gasteiger partial charge in [-0.2, -0.15) is 0 Å². The van der Waals surface area contributed by atoms with E-state index >= 15 is 0 Å². The van der Waals surface area contributed by atoms with Gasteiger partial charge < -0.3 is 10.4 Å². The maximum absolute atomic E-state index is 12.1. The molecule has 0 aromatic carbocycles. The average Bonchev–Trinajstić information content (AvgIpc) is 2.74. The molecule has 17 heavy (non-hydrogen) atoms. The standard InChI is InChI=1S/C12H17F2NO2/c13-11(14)7(16)4-15-12(17)10-8-5-1-2-6(3-5)9(8)10/h5-11,16H,1-4H2,(H,15,17). The van der Waals surface area contributed by atoms with Crippen molar-refractivity contribution in [1.29, 1.82) is 0 Å². The third-order valence-corrected chi connectivity index (χ3v) is 4.81. The van der Waals surface area contributed by atoms with Crippen LogP contribution in [0.1, 0.15) is 19.3 Å². The molecule has 3 saturated carbocycles. The molecule has 0 aromatic heterocycles. The number of aliphatic hydroxyl groups excluding tert-OH is 1. The van der Waals surface area contributed by atoms with E-state index in [0.29, 0.717) is 23.7 Å². The zero-order valence-electron chi connectivity index (χ0n) is 9.48. The van der Waals surface area contributed by atoms with Gasteiger partial charge in [0.05, 0.1) is 0 Å². The van der Waals surface area contributed by atoms with Crippen LogP contribution in [0.2, 0.25) is 0 Å². The van der Waals surface area contributed by atoms with Gasteiger partial charge in [0.1, 0.15) is 6.10 Å². The van der Waals surface area contributed by atoms with Gasteiger partial charge in [-0.15, -0.1) is 0 Å². The number of hydrogen-bond acceptors (Lipinski definition) is 2. The fraction of sp³-hybridized carbons (Fsp3) is 0.917. The predicted octanol–water partition coefficient (Wildman–Crippen LogP) is 1.02. The van der Waals surface area contributed by atoms with Gasteiger partial charge >= 0.3 is 0 Å². The Hall–Kier alpha value is -0.710. The van der Waals surface area contributed by atoms with Crippen molar-refractivity contribution >= 4 is 5.91 Å². The normalized spacial score (nSPS) is 43.6. The van der Waals surface area contributed by atoms with Crippen molar-refractivity contribution in [3.63, 3.8) is 0 Å². The Kier molecular flexibility index (Phi) is 2.61. The lowest BCUT2D eigenvalue weighted by Crippen LogP contribution is -2.37. The van der Waals surface area contributed by atoms with Crippen molar-refractivity contribution in [2.75, 3.05) is 6.54 Å². The topological polar surface area (TPSA) is 49.3 Å². The van der Waals surface area contributed by atoms with Crippen LogP contribution in [0.5, 0.6) is 0 Å². The number of carbonyl (C=O) groups excluding carboxylic acids is 1. The molecular formula is C12H17F2NO2. The van der Waals surface area contributed by atoms with Crippen LogP contribution in [0.25, 0.3) is 0 Å². The molecule has 0 aromatic rings. The summed E-state index contributed by atoms with van der Waals surface area (Å²) in [7, 11) is 0. The second-order valence-corrected chi connectivity index (χ2v) is 5.66. The van der Waals surface area contributed by atoms with Crippen LogP contribution in [0.4, 0.5) is 8.78 Å². The molecule has 96 valence electrons. The maximum Gasteiger partial charge on any atom is 0.265 e. The Balaban J connectivity index is 1.49. The number of halogens is 2. The van der Waals surface area contributed by atoms with E-state index in [4.69, 9.17) is 5.11 Å². The third-order valence-electron chi connectivity index (χ3n) is 4.81. The monoisotopic (exact) mass is 245 g/mol. The molecule has 0 radical (unpaired) electrons. The second kappa shape index (κ2) is 3.90. The summed E-state index contributed by atoms with van der Waals surface area (Å²) < 4.78 is 24.1. The fourth-order valence-electron chi connectivity index (χ4n) is 4.09. The smallest absolute Gasteiger partial charge is 0.265 e. The van der Waals surface area contributed by atoms with E-state index in [-0.39, 0.29) is 18.4 Å². The molecule has 3 aliphatic rings. The Morgan fingerprint density at radius 2 is 1.88 bits per heavy atom. The zero-order chi connectivity index (χ0) is 12.2. The summed E-state index contributed by atoms with van der Waals surface area (Å²) in [5.41, 5.74) is 0.